The van der Waals surface area contributed by atoms with Crippen LogP contribution in [0, 0.1) is 0 Å². The van der Waals surface area contributed by atoms with E-state index >= 15 is 0 Å². The minimum atomic E-state index is 0.0651. The molecule has 122 valence electrons. The average Bonchev–Trinajstić information content (AvgIpc) is 2.55. The zero-order chi connectivity index (χ0) is 16.7. The average molecular weight is 332 g/mol. The van der Waals surface area contributed by atoms with Crippen molar-refractivity contribution in [1.82, 2.24) is 5.32 Å². The van der Waals surface area contributed by atoms with Gasteiger partial charge >= 0.3 is 0 Å². The molecular formula is C19H22ClNO2. The number of amides is 1. The largest absolute Gasteiger partial charge is 0.497 e. The van der Waals surface area contributed by atoms with Crippen molar-refractivity contribution in [2.24, 2.45) is 0 Å². The summed E-state index contributed by atoms with van der Waals surface area (Å²) in [4.78, 5) is 12.0. The highest BCUT2D eigenvalue weighted by molar-refractivity contribution is 6.30. The highest BCUT2D eigenvalue weighted by Gasteiger charge is 2.11. The van der Waals surface area contributed by atoms with E-state index in [2.05, 4.69) is 12.2 Å². The van der Waals surface area contributed by atoms with Crippen LogP contribution >= 0.6 is 11.6 Å². The zero-order valence-corrected chi connectivity index (χ0v) is 14.3. The summed E-state index contributed by atoms with van der Waals surface area (Å²) in [6, 6.07) is 15.5. The first kappa shape index (κ1) is 17.4. The second-order valence-electron chi connectivity index (χ2n) is 5.61. The van der Waals surface area contributed by atoms with Crippen LogP contribution in [-0.2, 0) is 11.2 Å². The summed E-state index contributed by atoms with van der Waals surface area (Å²) in [6.45, 7) is 2.67. The molecule has 0 spiro atoms. The maximum Gasteiger partial charge on any atom is 0.220 e. The van der Waals surface area contributed by atoms with Gasteiger partial charge in [-0.25, -0.2) is 0 Å². The van der Waals surface area contributed by atoms with Crippen molar-refractivity contribution in [3.63, 3.8) is 0 Å². The van der Waals surface area contributed by atoms with Crippen molar-refractivity contribution in [1.29, 1.82) is 0 Å². The molecule has 4 heteroatoms. The van der Waals surface area contributed by atoms with Crippen LogP contribution in [0.2, 0.25) is 5.02 Å². The third-order valence-corrected chi connectivity index (χ3v) is 4.04. The first-order valence-corrected chi connectivity index (χ1v) is 8.11. The second-order valence-corrected chi connectivity index (χ2v) is 6.04. The van der Waals surface area contributed by atoms with E-state index < -0.39 is 0 Å². The zero-order valence-electron chi connectivity index (χ0n) is 13.5. The molecule has 0 bridgehead atoms. The SMILES string of the molecule is COc1ccc(C(C)CC(=O)NCCc2cccc(Cl)c2)cc1. The number of hydrogen-bond donors (Lipinski definition) is 1. The second kappa shape index (κ2) is 8.59. The number of carbonyl (C=O) groups is 1. The molecule has 23 heavy (non-hydrogen) atoms. The first-order chi connectivity index (χ1) is 11.1. The van der Waals surface area contributed by atoms with Crippen molar-refractivity contribution in [2.75, 3.05) is 13.7 Å². The molecule has 0 saturated carbocycles. The maximum atomic E-state index is 12.0. The fraction of sp³-hybridized carbons (Fsp3) is 0.316. The van der Waals surface area contributed by atoms with Crippen LogP contribution in [0.25, 0.3) is 0 Å². The Morgan fingerprint density at radius 3 is 2.61 bits per heavy atom. The topological polar surface area (TPSA) is 38.3 Å². The van der Waals surface area contributed by atoms with E-state index in [4.69, 9.17) is 16.3 Å². The molecule has 0 aliphatic rings. The number of nitrogens with one attached hydrogen (secondary N) is 1. The number of methoxy groups -OCH3 is 1. The number of hydrogen-bond acceptors (Lipinski definition) is 2. The van der Waals surface area contributed by atoms with E-state index in [9.17, 15) is 4.79 Å². The van der Waals surface area contributed by atoms with Gasteiger partial charge in [-0.15, -0.1) is 0 Å². The van der Waals surface area contributed by atoms with Gasteiger partial charge in [0.15, 0.2) is 0 Å². The third-order valence-electron chi connectivity index (χ3n) is 3.80. The normalized spacial score (nSPS) is 11.8. The van der Waals surface area contributed by atoms with Gasteiger partial charge in [0.25, 0.3) is 0 Å². The molecule has 0 heterocycles. The first-order valence-electron chi connectivity index (χ1n) is 7.73. The summed E-state index contributed by atoms with van der Waals surface area (Å²) in [7, 11) is 1.64. The molecule has 1 N–H and O–H groups in total. The smallest absolute Gasteiger partial charge is 0.220 e. The van der Waals surface area contributed by atoms with Crippen LogP contribution in [-0.4, -0.2) is 19.6 Å². The van der Waals surface area contributed by atoms with Gasteiger partial charge < -0.3 is 10.1 Å². The van der Waals surface area contributed by atoms with Gasteiger partial charge in [-0.1, -0.05) is 42.8 Å². The predicted octanol–water partition coefficient (Wildman–Crippen LogP) is 4.20. The fourth-order valence-corrected chi connectivity index (χ4v) is 2.65. The van der Waals surface area contributed by atoms with Gasteiger partial charge in [0.1, 0.15) is 5.75 Å². The van der Waals surface area contributed by atoms with Crippen molar-refractivity contribution in [2.45, 2.75) is 25.7 Å². The van der Waals surface area contributed by atoms with Gasteiger partial charge in [-0.05, 0) is 47.7 Å². The van der Waals surface area contributed by atoms with E-state index in [1.54, 1.807) is 7.11 Å². The summed E-state index contributed by atoms with van der Waals surface area (Å²) >= 11 is 5.95. The van der Waals surface area contributed by atoms with Gasteiger partial charge in [-0.2, -0.15) is 0 Å². The molecule has 3 nitrogen and oxygen atoms in total. The van der Waals surface area contributed by atoms with Gasteiger partial charge in [0, 0.05) is 18.0 Å². The Balaban J connectivity index is 1.77. The maximum absolute atomic E-state index is 12.0. The highest BCUT2D eigenvalue weighted by atomic mass is 35.5. The van der Waals surface area contributed by atoms with Gasteiger partial charge in [-0.3, -0.25) is 4.79 Å². The Hall–Kier alpha value is -2.00. The number of ether oxygens (including phenoxy) is 1. The lowest BCUT2D eigenvalue weighted by Crippen LogP contribution is -2.26. The molecule has 1 amide bonds. The molecule has 0 aromatic heterocycles. The van der Waals surface area contributed by atoms with E-state index in [0.717, 1.165) is 28.3 Å². The van der Waals surface area contributed by atoms with E-state index in [0.29, 0.717) is 13.0 Å². The summed E-state index contributed by atoms with van der Waals surface area (Å²) in [5.74, 6) is 1.06. The van der Waals surface area contributed by atoms with Gasteiger partial charge in [0.05, 0.1) is 7.11 Å². The molecular weight excluding hydrogens is 310 g/mol. The van der Waals surface area contributed by atoms with Gasteiger partial charge in [0.2, 0.25) is 5.91 Å². The van der Waals surface area contributed by atoms with Crippen LogP contribution < -0.4 is 10.1 Å². The lowest BCUT2D eigenvalue weighted by Gasteiger charge is -2.13. The van der Waals surface area contributed by atoms with Crippen molar-refractivity contribution in [3.05, 3.63) is 64.7 Å². The quantitative estimate of drug-likeness (QED) is 0.825. The lowest BCUT2D eigenvalue weighted by atomic mass is 9.97. The molecule has 0 aliphatic heterocycles. The molecule has 2 rings (SSSR count). The summed E-state index contributed by atoms with van der Waals surface area (Å²) in [5, 5.41) is 3.69. The highest BCUT2D eigenvalue weighted by Crippen LogP contribution is 2.21. The van der Waals surface area contributed by atoms with Crippen LogP contribution in [0.4, 0.5) is 0 Å². The Labute approximate surface area is 142 Å². The molecule has 0 saturated heterocycles. The van der Waals surface area contributed by atoms with E-state index in [-0.39, 0.29) is 11.8 Å². The van der Waals surface area contributed by atoms with Crippen molar-refractivity contribution < 1.29 is 9.53 Å². The Morgan fingerprint density at radius 1 is 1.22 bits per heavy atom. The Kier molecular flexibility index (Phi) is 6.48. The molecule has 2 aromatic carbocycles. The standard InChI is InChI=1S/C19H22ClNO2/c1-14(16-6-8-18(23-2)9-7-16)12-19(22)21-11-10-15-4-3-5-17(20)13-15/h3-9,13-14H,10-12H2,1-2H3,(H,21,22). The fourth-order valence-electron chi connectivity index (χ4n) is 2.44. The molecule has 1 unspecified atom stereocenters. The van der Waals surface area contributed by atoms with Crippen molar-refractivity contribution >= 4 is 17.5 Å². The number of carbonyl (C=O) groups excluding carboxylic acids is 1. The molecule has 2 aromatic rings. The van der Waals surface area contributed by atoms with Crippen molar-refractivity contribution in [3.8, 4) is 5.75 Å². The predicted molar refractivity (Wildman–Crippen MR) is 94.2 cm³/mol. The lowest BCUT2D eigenvalue weighted by molar-refractivity contribution is -0.121. The molecule has 0 fully saturated rings. The molecule has 1 atom stereocenters. The summed E-state index contributed by atoms with van der Waals surface area (Å²) < 4.78 is 5.14. The minimum absolute atomic E-state index is 0.0651. The van der Waals surface area contributed by atoms with Crippen LogP contribution in [0.3, 0.4) is 0 Å². The van der Waals surface area contributed by atoms with Crippen LogP contribution in [0.15, 0.2) is 48.5 Å². The molecule has 0 radical (unpaired) electrons. The molecule has 0 aliphatic carbocycles. The van der Waals surface area contributed by atoms with E-state index in [1.165, 1.54) is 0 Å². The van der Waals surface area contributed by atoms with Crippen LogP contribution in [0.1, 0.15) is 30.4 Å². The third kappa shape index (κ3) is 5.61. The number of benzene rings is 2. The Morgan fingerprint density at radius 2 is 1.96 bits per heavy atom. The van der Waals surface area contributed by atoms with Crippen LogP contribution in [0.5, 0.6) is 5.75 Å². The minimum Gasteiger partial charge on any atom is -0.497 e. The Bertz CT molecular complexity index is 640. The summed E-state index contributed by atoms with van der Waals surface area (Å²) in [5.41, 5.74) is 2.26. The number of rotatable bonds is 7. The summed E-state index contributed by atoms with van der Waals surface area (Å²) in [6.07, 6.45) is 1.26. The number of halogens is 1. The monoisotopic (exact) mass is 331 g/mol. The van der Waals surface area contributed by atoms with E-state index in [1.807, 2.05) is 48.5 Å².